The molecule has 0 N–H and O–H groups in total. The van der Waals surface area contributed by atoms with E-state index in [0.717, 1.165) is 10.6 Å². The van der Waals surface area contributed by atoms with Gasteiger partial charge < -0.3 is 4.74 Å². The van der Waals surface area contributed by atoms with Gasteiger partial charge in [0.2, 0.25) is 0 Å². The van der Waals surface area contributed by atoms with Crippen molar-refractivity contribution in [1.29, 1.82) is 0 Å². The lowest BCUT2D eigenvalue weighted by Gasteiger charge is -2.06. The van der Waals surface area contributed by atoms with Crippen LogP contribution in [0.15, 0.2) is 27.8 Å². The molecular weight excluding hydrogens is 327 g/mol. The lowest BCUT2D eigenvalue weighted by atomic mass is 10.3. The van der Waals surface area contributed by atoms with Crippen molar-refractivity contribution >= 4 is 22.8 Å². The smallest absolute Gasteiger partial charge is 0.332 e. The summed E-state index contributed by atoms with van der Waals surface area (Å²) < 4.78 is 22.3. The molecule has 3 aromatic rings. The molecule has 0 atom stereocenters. The Hall–Kier alpha value is -2.61. The number of nitrogens with zero attached hydrogens (tertiary/aromatic N) is 4. The average Bonchev–Trinajstić information content (AvgIpc) is 2.83. The Morgan fingerprint density at radius 3 is 2.48 bits per heavy atom. The van der Waals surface area contributed by atoms with Crippen molar-refractivity contribution in [3.8, 4) is 11.8 Å². The summed E-state index contributed by atoms with van der Waals surface area (Å²) in [6.07, 6.45) is 0. The number of rotatable bonds is 2. The molecule has 9 heteroatoms. The van der Waals surface area contributed by atoms with Crippen LogP contribution < -0.4 is 16.0 Å². The Morgan fingerprint density at radius 2 is 1.83 bits per heavy atom. The Kier molecular flexibility index (Phi) is 3.48. The summed E-state index contributed by atoms with van der Waals surface area (Å²) in [6, 6.07) is 3.72. The normalized spacial score (nSPS) is 11.2. The molecule has 1 aromatic carbocycles. The first-order valence-electron chi connectivity index (χ1n) is 6.56. The highest BCUT2D eigenvalue weighted by molar-refractivity contribution is 6.32. The minimum Gasteiger partial charge on any atom is -0.424 e. The zero-order chi connectivity index (χ0) is 16.9. The standard InChI is InChI=1S/C14H12ClFN4O3/c1-18-10-11(19(2)14(22)20(3)12(10)21)17-13(18)23-9-5-4-7(16)6-8(9)15/h4-6H,1-3H3. The molecule has 0 radical (unpaired) electrons. The number of aryl methyl sites for hydroxylation is 2. The van der Waals surface area contributed by atoms with E-state index in [1.807, 2.05) is 0 Å². The molecule has 120 valence electrons. The number of imidazole rings is 1. The van der Waals surface area contributed by atoms with Crippen molar-refractivity contribution in [1.82, 2.24) is 18.7 Å². The van der Waals surface area contributed by atoms with E-state index in [0.29, 0.717) is 0 Å². The van der Waals surface area contributed by atoms with Crippen LogP contribution in [0.1, 0.15) is 0 Å². The highest BCUT2D eigenvalue weighted by Gasteiger charge is 2.19. The highest BCUT2D eigenvalue weighted by Crippen LogP contribution is 2.30. The fraction of sp³-hybridized carbons (Fsp3) is 0.214. The fourth-order valence-electron chi connectivity index (χ4n) is 2.25. The van der Waals surface area contributed by atoms with Crippen LogP contribution in [0.4, 0.5) is 4.39 Å². The third-order valence-electron chi connectivity index (χ3n) is 3.53. The summed E-state index contributed by atoms with van der Waals surface area (Å²) >= 11 is 5.92. The second-order valence-corrected chi connectivity index (χ2v) is 5.42. The van der Waals surface area contributed by atoms with Crippen LogP contribution in [-0.2, 0) is 21.1 Å². The van der Waals surface area contributed by atoms with E-state index in [4.69, 9.17) is 16.3 Å². The maximum absolute atomic E-state index is 13.1. The predicted molar refractivity (Wildman–Crippen MR) is 82.7 cm³/mol. The van der Waals surface area contributed by atoms with Crippen molar-refractivity contribution < 1.29 is 9.13 Å². The monoisotopic (exact) mass is 338 g/mol. The second kappa shape index (κ2) is 5.24. The van der Waals surface area contributed by atoms with Crippen LogP contribution in [0.2, 0.25) is 5.02 Å². The molecule has 0 unspecified atom stereocenters. The second-order valence-electron chi connectivity index (χ2n) is 5.01. The molecule has 0 bridgehead atoms. The lowest BCUT2D eigenvalue weighted by molar-refractivity contribution is 0.426. The number of hydrogen-bond acceptors (Lipinski definition) is 4. The van der Waals surface area contributed by atoms with Gasteiger partial charge in [-0.2, -0.15) is 4.98 Å². The van der Waals surface area contributed by atoms with E-state index in [-0.39, 0.29) is 27.9 Å². The van der Waals surface area contributed by atoms with Gasteiger partial charge in [0.05, 0.1) is 5.02 Å². The summed E-state index contributed by atoms with van der Waals surface area (Å²) in [5.41, 5.74) is -0.582. The molecule has 0 saturated heterocycles. The molecule has 23 heavy (non-hydrogen) atoms. The molecule has 0 aliphatic carbocycles. The van der Waals surface area contributed by atoms with E-state index in [2.05, 4.69) is 4.98 Å². The molecule has 7 nitrogen and oxygen atoms in total. The number of hydrogen-bond donors (Lipinski definition) is 0. The SMILES string of the molecule is Cn1c(=O)c2c(nc(Oc3ccc(F)cc3Cl)n2C)n(C)c1=O. The van der Waals surface area contributed by atoms with Crippen molar-refractivity contribution in [2.45, 2.75) is 0 Å². The van der Waals surface area contributed by atoms with Gasteiger partial charge >= 0.3 is 11.7 Å². The molecule has 0 fully saturated rings. The molecule has 2 aromatic heterocycles. The molecule has 0 saturated carbocycles. The van der Waals surface area contributed by atoms with E-state index in [9.17, 15) is 14.0 Å². The summed E-state index contributed by atoms with van der Waals surface area (Å²) in [7, 11) is 4.47. The number of aromatic nitrogens is 4. The summed E-state index contributed by atoms with van der Waals surface area (Å²) in [5.74, 6) is -0.308. The first kappa shape index (κ1) is 15.3. The number of halogens is 2. The quantitative estimate of drug-likeness (QED) is 0.711. The summed E-state index contributed by atoms with van der Waals surface area (Å²) in [4.78, 5) is 28.4. The largest absolute Gasteiger partial charge is 0.424 e. The minimum atomic E-state index is -0.497. The predicted octanol–water partition coefficient (Wildman–Crippen LogP) is 1.56. The zero-order valence-corrected chi connectivity index (χ0v) is 13.3. The van der Waals surface area contributed by atoms with E-state index < -0.39 is 17.1 Å². The number of ether oxygens (including phenoxy) is 1. The highest BCUT2D eigenvalue weighted by atomic mass is 35.5. The van der Waals surface area contributed by atoms with Crippen molar-refractivity contribution in [3.63, 3.8) is 0 Å². The molecule has 2 heterocycles. The molecule has 0 aliphatic rings. The van der Waals surface area contributed by atoms with Gasteiger partial charge in [0, 0.05) is 21.1 Å². The van der Waals surface area contributed by atoms with Gasteiger partial charge in [-0.15, -0.1) is 0 Å². The third-order valence-corrected chi connectivity index (χ3v) is 3.83. The van der Waals surface area contributed by atoms with Crippen LogP contribution >= 0.6 is 11.6 Å². The molecular formula is C14H12ClFN4O3. The van der Waals surface area contributed by atoms with E-state index >= 15 is 0 Å². The van der Waals surface area contributed by atoms with Crippen LogP contribution in [-0.4, -0.2) is 18.7 Å². The van der Waals surface area contributed by atoms with Crippen molar-refractivity contribution in [2.75, 3.05) is 0 Å². The van der Waals surface area contributed by atoms with E-state index in [1.54, 1.807) is 7.05 Å². The molecule has 3 rings (SSSR count). The maximum Gasteiger partial charge on any atom is 0.332 e. The fourth-order valence-corrected chi connectivity index (χ4v) is 2.45. The maximum atomic E-state index is 13.1. The Labute approximate surface area is 134 Å². The summed E-state index contributed by atoms with van der Waals surface area (Å²) in [6.45, 7) is 0. The van der Waals surface area contributed by atoms with Gasteiger partial charge in [-0.3, -0.25) is 18.5 Å². The van der Waals surface area contributed by atoms with Crippen LogP contribution in [0.3, 0.4) is 0 Å². The summed E-state index contributed by atoms with van der Waals surface area (Å²) in [5, 5.41) is 0.0684. The van der Waals surface area contributed by atoms with Gasteiger partial charge in [-0.05, 0) is 18.2 Å². The van der Waals surface area contributed by atoms with Gasteiger partial charge in [0.15, 0.2) is 11.2 Å². The Morgan fingerprint density at radius 1 is 1.13 bits per heavy atom. The third kappa shape index (κ3) is 2.31. The first-order valence-corrected chi connectivity index (χ1v) is 6.94. The first-order chi connectivity index (χ1) is 10.8. The number of benzene rings is 1. The van der Waals surface area contributed by atoms with Gasteiger partial charge in [0.25, 0.3) is 5.56 Å². The van der Waals surface area contributed by atoms with Crippen LogP contribution in [0, 0.1) is 5.82 Å². The van der Waals surface area contributed by atoms with Gasteiger partial charge in [0.1, 0.15) is 11.6 Å². The lowest BCUT2D eigenvalue weighted by Crippen LogP contribution is -2.37. The van der Waals surface area contributed by atoms with Crippen LogP contribution in [0.25, 0.3) is 11.2 Å². The van der Waals surface area contributed by atoms with Crippen molar-refractivity contribution in [2.24, 2.45) is 21.1 Å². The average molecular weight is 339 g/mol. The number of fused-ring (bicyclic) bond motifs is 1. The molecule has 0 amide bonds. The van der Waals surface area contributed by atoms with Gasteiger partial charge in [-0.1, -0.05) is 11.6 Å². The molecule has 0 spiro atoms. The van der Waals surface area contributed by atoms with E-state index in [1.165, 1.54) is 35.4 Å². The Balaban J connectivity index is 2.22. The topological polar surface area (TPSA) is 71.1 Å². The zero-order valence-electron chi connectivity index (χ0n) is 12.5. The Bertz CT molecular complexity index is 1050. The van der Waals surface area contributed by atoms with Gasteiger partial charge in [-0.25, -0.2) is 9.18 Å². The molecule has 0 aliphatic heterocycles. The van der Waals surface area contributed by atoms with Crippen LogP contribution in [0.5, 0.6) is 11.8 Å². The van der Waals surface area contributed by atoms with Crippen molar-refractivity contribution in [3.05, 3.63) is 49.9 Å². The minimum absolute atomic E-state index is 0.0619.